The Bertz CT molecular complexity index is 299. The van der Waals surface area contributed by atoms with Gasteiger partial charge in [-0.1, -0.05) is 6.07 Å². The minimum absolute atomic E-state index is 0.744. The molecule has 0 radical (unpaired) electrons. The second-order valence-corrected chi connectivity index (χ2v) is 5.52. The third-order valence-corrected chi connectivity index (χ3v) is 4.74. The summed E-state index contributed by atoms with van der Waals surface area (Å²) in [5.74, 6) is 1.80. The molecular weight excluding hydrogens is 188 g/mol. The Morgan fingerprint density at radius 1 is 1.50 bits per heavy atom. The molecule has 0 bridgehead atoms. The molecule has 1 aliphatic heterocycles. The second kappa shape index (κ2) is 3.32. The molecule has 1 nitrogen and oxygen atoms in total. The minimum Gasteiger partial charge on any atom is -0.611 e. The Hall–Kier alpha value is -0.120. The first-order valence-corrected chi connectivity index (χ1v) is 6.19. The van der Waals surface area contributed by atoms with Crippen LogP contribution in [-0.4, -0.2) is 16.1 Å². The fourth-order valence-electron chi connectivity index (χ4n) is 1.25. The lowest BCUT2D eigenvalue weighted by molar-refractivity contribution is 0.593. The monoisotopic (exact) mass is 198 g/mol. The van der Waals surface area contributed by atoms with Gasteiger partial charge in [0.15, 0.2) is 4.90 Å². The molecule has 12 heavy (non-hydrogen) atoms. The molecule has 3 heteroatoms. The van der Waals surface area contributed by atoms with Crippen molar-refractivity contribution >= 4 is 22.9 Å². The largest absolute Gasteiger partial charge is 0.611 e. The Morgan fingerprint density at radius 3 is 3.17 bits per heavy atom. The van der Waals surface area contributed by atoms with Crippen molar-refractivity contribution in [3.05, 3.63) is 23.8 Å². The number of fused-ring (bicyclic) bond motifs is 1. The van der Waals surface area contributed by atoms with Gasteiger partial charge in [0, 0.05) is 5.75 Å². The molecule has 1 aromatic carbocycles. The van der Waals surface area contributed by atoms with Gasteiger partial charge in [0.2, 0.25) is 0 Å². The molecule has 64 valence electrons. The number of benzene rings is 1. The average molecular weight is 198 g/mol. The molecule has 0 aliphatic carbocycles. The fraction of sp³-hybridized carbons (Fsp3) is 0.333. The summed E-state index contributed by atoms with van der Waals surface area (Å²) in [5.41, 5.74) is 1.25. The molecule has 1 heterocycles. The van der Waals surface area contributed by atoms with E-state index in [1.54, 1.807) is 0 Å². The Kier molecular flexibility index (Phi) is 2.35. The highest BCUT2D eigenvalue weighted by atomic mass is 32.2. The maximum Gasteiger partial charge on any atom is 0.166 e. The van der Waals surface area contributed by atoms with Crippen LogP contribution in [0.15, 0.2) is 28.0 Å². The van der Waals surface area contributed by atoms with Crippen LogP contribution in [0.5, 0.6) is 0 Å². The molecule has 1 aliphatic rings. The fourth-order valence-corrected chi connectivity index (χ4v) is 4.07. The first-order chi connectivity index (χ1) is 5.77. The lowest BCUT2D eigenvalue weighted by Gasteiger charge is -2.18. The van der Waals surface area contributed by atoms with Crippen molar-refractivity contribution in [1.29, 1.82) is 0 Å². The van der Waals surface area contributed by atoms with Crippen molar-refractivity contribution in [3.63, 3.8) is 0 Å². The number of aryl methyl sites for hydroxylation is 1. The van der Waals surface area contributed by atoms with E-state index in [1.165, 1.54) is 10.5 Å². The zero-order valence-electron chi connectivity index (χ0n) is 6.87. The van der Waals surface area contributed by atoms with Crippen molar-refractivity contribution < 1.29 is 4.55 Å². The summed E-state index contributed by atoms with van der Waals surface area (Å²) in [4.78, 5) is 2.23. The van der Waals surface area contributed by atoms with Crippen molar-refractivity contribution in [1.82, 2.24) is 0 Å². The number of rotatable bonds is 0. The van der Waals surface area contributed by atoms with Gasteiger partial charge in [0.25, 0.3) is 0 Å². The van der Waals surface area contributed by atoms with Gasteiger partial charge in [-0.05, 0) is 35.8 Å². The standard InChI is InChI=1S/C9H10OS2/c1-7-2-3-9-8(6-7)11-4-5-12(9)10/h2-3,6H,4-5H2,1H3. The highest BCUT2D eigenvalue weighted by molar-refractivity contribution is 8.02. The second-order valence-electron chi connectivity index (χ2n) is 2.85. The molecular formula is C9H10OS2. The third kappa shape index (κ3) is 1.49. The zero-order chi connectivity index (χ0) is 8.55. The smallest absolute Gasteiger partial charge is 0.166 e. The van der Waals surface area contributed by atoms with E-state index in [1.807, 2.05) is 23.9 Å². The Morgan fingerprint density at radius 2 is 2.33 bits per heavy atom. The van der Waals surface area contributed by atoms with Crippen LogP contribution < -0.4 is 0 Å². The lowest BCUT2D eigenvalue weighted by Crippen LogP contribution is -2.14. The molecule has 0 spiro atoms. The van der Waals surface area contributed by atoms with Crippen LogP contribution in [0.3, 0.4) is 0 Å². The third-order valence-electron chi connectivity index (χ3n) is 1.87. The zero-order valence-corrected chi connectivity index (χ0v) is 8.50. The van der Waals surface area contributed by atoms with Crippen molar-refractivity contribution in [2.75, 3.05) is 11.5 Å². The van der Waals surface area contributed by atoms with E-state index < -0.39 is 11.2 Å². The predicted octanol–water partition coefficient (Wildman–Crippen LogP) is 2.21. The summed E-state index contributed by atoms with van der Waals surface area (Å²) in [6, 6.07) is 6.15. The van der Waals surface area contributed by atoms with Gasteiger partial charge in [-0.15, -0.1) is 11.8 Å². The number of thioether (sulfide) groups is 1. The van der Waals surface area contributed by atoms with Crippen molar-refractivity contribution in [2.24, 2.45) is 0 Å². The summed E-state index contributed by atoms with van der Waals surface area (Å²) >= 11 is 1.07. The first-order valence-electron chi connectivity index (χ1n) is 3.89. The topological polar surface area (TPSA) is 23.1 Å². The van der Waals surface area contributed by atoms with Crippen LogP contribution in [0.1, 0.15) is 5.56 Å². The van der Waals surface area contributed by atoms with Gasteiger partial charge in [0.05, 0.1) is 4.90 Å². The lowest BCUT2D eigenvalue weighted by atomic mass is 10.2. The molecule has 0 saturated heterocycles. The summed E-state index contributed by atoms with van der Waals surface area (Å²) in [6.45, 7) is 2.07. The molecule has 2 rings (SSSR count). The van der Waals surface area contributed by atoms with E-state index in [0.717, 1.165) is 16.4 Å². The van der Waals surface area contributed by atoms with Gasteiger partial charge in [0.1, 0.15) is 5.75 Å². The molecule has 0 fully saturated rings. The average Bonchev–Trinajstić information content (AvgIpc) is 2.04. The van der Waals surface area contributed by atoms with E-state index >= 15 is 0 Å². The molecule has 0 aromatic heterocycles. The van der Waals surface area contributed by atoms with Gasteiger partial charge >= 0.3 is 0 Å². The highest BCUT2D eigenvalue weighted by Gasteiger charge is 2.21. The van der Waals surface area contributed by atoms with Crippen LogP contribution in [0, 0.1) is 6.92 Å². The van der Waals surface area contributed by atoms with E-state index in [-0.39, 0.29) is 0 Å². The van der Waals surface area contributed by atoms with Crippen molar-refractivity contribution in [3.8, 4) is 0 Å². The Labute approximate surface area is 79.7 Å². The molecule has 1 atom stereocenters. The van der Waals surface area contributed by atoms with Crippen molar-refractivity contribution in [2.45, 2.75) is 16.7 Å². The normalized spacial score (nSPS) is 22.0. The Balaban J connectivity index is 2.46. The summed E-state index contributed by atoms with van der Waals surface area (Å²) in [7, 11) is 0. The molecule has 0 amide bonds. The van der Waals surface area contributed by atoms with Crippen LogP contribution in [-0.2, 0) is 11.2 Å². The predicted molar refractivity (Wildman–Crippen MR) is 53.2 cm³/mol. The number of hydrogen-bond donors (Lipinski definition) is 0. The van der Waals surface area contributed by atoms with Gasteiger partial charge in [-0.3, -0.25) is 0 Å². The molecule has 0 saturated carbocycles. The van der Waals surface area contributed by atoms with Gasteiger partial charge in [-0.2, -0.15) is 0 Å². The molecule has 0 N–H and O–H groups in total. The van der Waals surface area contributed by atoms with Crippen LogP contribution in [0.4, 0.5) is 0 Å². The summed E-state index contributed by atoms with van der Waals surface area (Å²) < 4.78 is 11.5. The minimum atomic E-state index is -0.744. The van der Waals surface area contributed by atoms with E-state index in [2.05, 4.69) is 13.0 Å². The van der Waals surface area contributed by atoms with Crippen LogP contribution in [0.2, 0.25) is 0 Å². The van der Waals surface area contributed by atoms with E-state index in [0.29, 0.717) is 0 Å². The summed E-state index contributed by atoms with van der Waals surface area (Å²) in [5, 5.41) is 0. The molecule has 1 aromatic rings. The molecule has 1 unspecified atom stereocenters. The van der Waals surface area contributed by atoms with Gasteiger partial charge < -0.3 is 4.55 Å². The number of hydrogen-bond acceptors (Lipinski definition) is 2. The SMILES string of the molecule is Cc1ccc2c(c1)SCC[S+]2[O-]. The quantitative estimate of drug-likeness (QED) is 0.597. The van der Waals surface area contributed by atoms with Crippen LogP contribution in [0.25, 0.3) is 0 Å². The maximum absolute atomic E-state index is 11.5. The van der Waals surface area contributed by atoms with E-state index in [4.69, 9.17) is 0 Å². The van der Waals surface area contributed by atoms with Crippen LogP contribution >= 0.6 is 11.8 Å². The summed E-state index contributed by atoms with van der Waals surface area (Å²) in [6.07, 6.45) is 0. The van der Waals surface area contributed by atoms with E-state index in [9.17, 15) is 4.55 Å². The highest BCUT2D eigenvalue weighted by Crippen LogP contribution is 2.32. The maximum atomic E-state index is 11.5. The van der Waals surface area contributed by atoms with Gasteiger partial charge in [-0.25, -0.2) is 0 Å². The first kappa shape index (κ1) is 8.48.